The SMILES string of the molecule is Fc1cc(Nc2nc(NC3C4COCC43)nc(-c3ccccc3F)n2)ccn1. The summed E-state index contributed by atoms with van der Waals surface area (Å²) in [5, 5.41) is 6.22. The van der Waals surface area contributed by atoms with Crippen molar-refractivity contribution in [3.8, 4) is 11.4 Å². The Bertz CT molecular complexity index is 1020. The number of pyridine rings is 1. The summed E-state index contributed by atoms with van der Waals surface area (Å²) in [6, 6.07) is 9.31. The molecule has 0 spiro atoms. The van der Waals surface area contributed by atoms with Crippen molar-refractivity contribution < 1.29 is 13.5 Å². The van der Waals surface area contributed by atoms with Crippen LogP contribution in [-0.4, -0.2) is 39.2 Å². The number of rotatable bonds is 5. The molecule has 28 heavy (non-hydrogen) atoms. The first-order chi connectivity index (χ1) is 13.7. The Morgan fingerprint density at radius 1 is 0.964 bits per heavy atom. The highest BCUT2D eigenvalue weighted by Gasteiger charge is 2.54. The molecule has 2 unspecified atom stereocenters. The summed E-state index contributed by atoms with van der Waals surface area (Å²) in [5.74, 6) is 0.538. The van der Waals surface area contributed by atoms with Gasteiger partial charge in [0, 0.05) is 35.8 Å². The van der Waals surface area contributed by atoms with Crippen LogP contribution in [0.4, 0.5) is 26.4 Å². The molecule has 0 bridgehead atoms. The van der Waals surface area contributed by atoms with Crippen molar-refractivity contribution in [2.24, 2.45) is 11.8 Å². The quantitative estimate of drug-likeness (QED) is 0.656. The van der Waals surface area contributed by atoms with E-state index in [4.69, 9.17) is 4.74 Å². The van der Waals surface area contributed by atoms with Gasteiger partial charge in [-0.1, -0.05) is 12.1 Å². The van der Waals surface area contributed by atoms with Gasteiger partial charge in [-0.25, -0.2) is 9.37 Å². The first-order valence-electron chi connectivity index (χ1n) is 8.91. The summed E-state index contributed by atoms with van der Waals surface area (Å²) in [7, 11) is 0. The van der Waals surface area contributed by atoms with Gasteiger partial charge >= 0.3 is 0 Å². The van der Waals surface area contributed by atoms with Gasteiger partial charge < -0.3 is 15.4 Å². The minimum Gasteiger partial charge on any atom is -0.381 e. The van der Waals surface area contributed by atoms with Crippen molar-refractivity contribution in [2.45, 2.75) is 6.04 Å². The summed E-state index contributed by atoms with van der Waals surface area (Å²) in [6.07, 6.45) is 1.33. The van der Waals surface area contributed by atoms with Gasteiger partial charge in [0.2, 0.25) is 17.8 Å². The van der Waals surface area contributed by atoms with E-state index in [1.807, 2.05) is 0 Å². The highest BCUT2D eigenvalue weighted by molar-refractivity contribution is 5.61. The Morgan fingerprint density at radius 2 is 1.75 bits per heavy atom. The Hall–Kier alpha value is -3.20. The molecule has 2 N–H and O–H groups in total. The molecule has 3 aromatic rings. The summed E-state index contributed by atoms with van der Waals surface area (Å²) in [4.78, 5) is 16.6. The number of hydrogen-bond donors (Lipinski definition) is 2. The third kappa shape index (κ3) is 3.24. The molecule has 2 aromatic heterocycles. The smallest absolute Gasteiger partial charge is 0.232 e. The van der Waals surface area contributed by atoms with Crippen LogP contribution >= 0.6 is 0 Å². The molecule has 1 saturated heterocycles. The molecule has 5 rings (SSSR count). The third-order valence-corrected chi connectivity index (χ3v) is 4.98. The summed E-state index contributed by atoms with van der Waals surface area (Å²) in [6.45, 7) is 1.43. The number of ether oxygens (including phenoxy) is 1. The lowest BCUT2D eigenvalue weighted by Gasteiger charge is -2.12. The van der Waals surface area contributed by atoms with Gasteiger partial charge in [-0.2, -0.15) is 19.3 Å². The lowest BCUT2D eigenvalue weighted by atomic mass is 10.2. The van der Waals surface area contributed by atoms with Crippen molar-refractivity contribution in [3.63, 3.8) is 0 Å². The van der Waals surface area contributed by atoms with Gasteiger partial charge in [-0.15, -0.1) is 0 Å². The standard InChI is InChI=1S/C19H16F2N6O/c20-14-4-2-1-3-11(14)17-25-18(23-10-5-6-22-15(21)7-10)27-19(26-17)24-16-12-8-28-9-13(12)16/h1-7,12-13,16H,8-9H2,(H2,22,23,24,25,26,27). The van der Waals surface area contributed by atoms with Gasteiger partial charge in [0.1, 0.15) is 5.82 Å². The lowest BCUT2D eigenvalue weighted by molar-refractivity contribution is 0.162. The molecule has 2 atom stereocenters. The number of hydrogen-bond acceptors (Lipinski definition) is 7. The van der Waals surface area contributed by atoms with E-state index in [9.17, 15) is 8.78 Å². The molecule has 1 saturated carbocycles. The molecule has 1 aromatic carbocycles. The highest BCUT2D eigenvalue weighted by Crippen LogP contribution is 2.45. The van der Waals surface area contributed by atoms with Crippen LogP contribution in [0, 0.1) is 23.6 Å². The van der Waals surface area contributed by atoms with Crippen LogP contribution in [0.25, 0.3) is 11.4 Å². The maximum Gasteiger partial charge on any atom is 0.232 e. The van der Waals surface area contributed by atoms with Crippen molar-refractivity contribution in [1.82, 2.24) is 19.9 Å². The third-order valence-electron chi connectivity index (χ3n) is 4.98. The number of benzene rings is 1. The van der Waals surface area contributed by atoms with Gasteiger partial charge in [0.15, 0.2) is 5.82 Å². The van der Waals surface area contributed by atoms with E-state index in [0.717, 1.165) is 13.2 Å². The van der Waals surface area contributed by atoms with Crippen molar-refractivity contribution in [1.29, 1.82) is 0 Å². The predicted octanol–water partition coefficient (Wildman–Crippen LogP) is 3.01. The molecule has 3 heterocycles. The molecular weight excluding hydrogens is 366 g/mol. The average molecular weight is 382 g/mol. The predicted molar refractivity (Wildman–Crippen MR) is 97.9 cm³/mol. The number of aromatic nitrogens is 4. The Labute approximate surface area is 159 Å². The van der Waals surface area contributed by atoms with Crippen LogP contribution < -0.4 is 10.6 Å². The van der Waals surface area contributed by atoms with Gasteiger partial charge in [-0.05, 0) is 18.2 Å². The van der Waals surface area contributed by atoms with Crippen molar-refractivity contribution in [3.05, 3.63) is 54.4 Å². The van der Waals surface area contributed by atoms with Crippen molar-refractivity contribution in [2.75, 3.05) is 23.8 Å². The molecule has 9 heteroatoms. The molecule has 2 fully saturated rings. The minimum atomic E-state index is -0.627. The van der Waals surface area contributed by atoms with Gasteiger partial charge in [0.05, 0.1) is 18.8 Å². The first kappa shape index (κ1) is 16.9. The first-order valence-corrected chi connectivity index (χ1v) is 8.91. The largest absolute Gasteiger partial charge is 0.381 e. The normalized spacial score (nSPS) is 22.6. The zero-order chi connectivity index (χ0) is 19.1. The zero-order valence-electron chi connectivity index (χ0n) is 14.6. The number of fused-ring (bicyclic) bond motifs is 1. The van der Waals surface area contributed by atoms with Crippen molar-refractivity contribution >= 4 is 17.6 Å². The van der Waals surface area contributed by atoms with Gasteiger partial charge in [-0.3, -0.25) is 0 Å². The van der Waals surface area contributed by atoms with Crippen LogP contribution in [0.5, 0.6) is 0 Å². The summed E-state index contributed by atoms with van der Waals surface area (Å²) < 4.78 is 33.0. The maximum absolute atomic E-state index is 14.3. The molecule has 7 nitrogen and oxygen atoms in total. The number of anilines is 3. The molecule has 2 aliphatic rings. The second-order valence-electron chi connectivity index (χ2n) is 6.81. The maximum atomic E-state index is 14.3. The number of halogens is 2. The monoisotopic (exact) mass is 382 g/mol. The van der Waals surface area contributed by atoms with Crippen LogP contribution in [0.3, 0.4) is 0 Å². The van der Waals surface area contributed by atoms with Crippen LogP contribution in [-0.2, 0) is 4.74 Å². The Balaban J connectivity index is 1.49. The number of nitrogens with one attached hydrogen (secondary N) is 2. The Morgan fingerprint density at radius 3 is 2.54 bits per heavy atom. The highest BCUT2D eigenvalue weighted by atomic mass is 19.1. The number of nitrogens with zero attached hydrogens (tertiary/aromatic N) is 4. The molecule has 1 aliphatic heterocycles. The second kappa shape index (κ2) is 6.75. The fraction of sp³-hybridized carbons (Fsp3) is 0.263. The van der Waals surface area contributed by atoms with E-state index in [0.29, 0.717) is 23.5 Å². The van der Waals surface area contributed by atoms with E-state index in [1.54, 1.807) is 24.3 Å². The van der Waals surface area contributed by atoms with Crippen LogP contribution in [0.15, 0.2) is 42.6 Å². The van der Waals surface area contributed by atoms with Crippen LogP contribution in [0.1, 0.15) is 0 Å². The minimum absolute atomic E-state index is 0.184. The van der Waals surface area contributed by atoms with E-state index >= 15 is 0 Å². The molecule has 1 aliphatic carbocycles. The molecule has 0 radical (unpaired) electrons. The molecule has 142 valence electrons. The fourth-order valence-corrected chi connectivity index (χ4v) is 3.47. The summed E-state index contributed by atoms with van der Waals surface area (Å²) >= 11 is 0. The second-order valence-corrected chi connectivity index (χ2v) is 6.81. The lowest BCUT2D eigenvalue weighted by Crippen LogP contribution is -2.16. The zero-order valence-corrected chi connectivity index (χ0v) is 14.6. The summed E-state index contributed by atoms with van der Waals surface area (Å²) in [5.41, 5.74) is 0.692. The van der Waals surface area contributed by atoms with E-state index in [2.05, 4.69) is 30.6 Å². The van der Waals surface area contributed by atoms with E-state index in [-0.39, 0.29) is 23.4 Å². The molecular formula is C19H16F2N6O. The van der Waals surface area contributed by atoms with Gasteiger partial charge in [0.25, 0.3) is 0 Å². The van der Waals surface area contributed by atoms with E-state index < -0.39 is 11.8 Å². The molecule has 0 amide bonds. The van der Waals surface area contributed by atoms with E-state index in [1.165, 1.54) is 18.3 Å². The Kier molecular flexibility index (Phi) is 4.09. The topological polar surface area (TPSA) is 84.9 Å². The fourth-order valence-electron chi connectivity index (χ4n) is 3.47. The average Bonchev–Trinajstić information content (AvgIpc) is 3.10. The van der Waals surface area contributed by atoms with Crippen LogP contribution in [0.2, 0.25) is 0 Å².